The van der Waals surface area contributed by atoms with Crippen molar-refractivity contribution in [2.75, 3.05) is 13.1 Å². The SMILES string of the molecule is Cc1ccc([C@@H](O)CN2CCCC[C@H]2Cn2cncn2)cc1C. The Morgan fingerprint density at radius 3 is 2.87 bits per heavy atom. The molecule has 1 N–H and O–H groups in total. The zero-order valence-electron chi connectivity index (χ0n) is 14.0. The lowest BCUT2D eigenvalue weighted by Gasteiger charge is -2.36. The Labute approximate surface area is 138 Å². The number of likely N-dealkylation sites (tertiary alicyclic amines) is 1. The molecular weight excluding hydrogens is 288 g/mol. The average Bonchev–Trinajstić information content (AvgIpc) is 3.05. The van der Waals surface area contributed by atoms with Gasteiger partial charge in [-0.15, -0.1) is 0 Å². The highest BCUT2D eigenvalue weighted by Crippen LogP contribution is 2.23. The van der Waals surface area contributed by atoms with Crippen LogP contribution in [0.3, 0.4) is 0 Å². The first-order valence-corrected chi connectivity index (χ1v) is 8.45. The van der Waals surface area contributed by atoms with Gasteiger partial charge in [-0.25, -0.2) is 4.98 Å². The van der Waals surface area contributed by atoms with Crippen molar-refractivity contribution in [1.29, 1.82) is 0 Å². The van der Waals surface area contributed by atoms with Gasteiger partial charge in [-0.3, -0.25) is 9.58 Å². The van der Waals surface area contributed by atoms with Crippen molar-refractivity contribution < 1.29 is 5.11 Å². The minimum absolute atomic E-state index is 0.423. The Hall–Kier alpha value is -1.72. The van der Waals surface area contributed by atoms with E-state index in [4.69, 9.17) is 0 Å². The van der Waals surface area contributed by atoms with Crippen LogP contribution >= 0.6 is 0 Å². The number of rotatable bonds is 5. The van der Waals surface area contributed by atoms with Crippen LogP contribution in [0.5, 0.6) is 0 Å². The number of β-amino-alcohol motifs (C(OH)–C–C–N with tert-alkyl or cyclic N) is 1. The first kappa shape index (κ1) is 16.1. The molecule has 1 aliphatic rings. The van der Waals surface area contributed by atoms with Crippen LogP contribution in [-0.4, -0.2) is 43.9 Å². The monoisotopic (exact) mass is 314 g/mol. The van der Waals surface area contributed by atoms with Crippen LogP contribution in [0.1, 0.15) is 42.1 Å². The van der Waals surface area contributed by atoms with E-state index in [0.717, 1.165) is 25.1 Å². The topological polar surface area (TPSA) is 54.2 Å². The predicted molar refractivity (Wildman–Crippen MR) is 90.1 cm³/mol. The molecule has 0 radical (unpaired) electrons. The van der Waals surface area contributed by atoms with E-state index < -0.39 is 6.10 Å². The molecule has 1 aromatic carbocycles. The lowest BCUT2D eigenvalue weighted by atomic mass is 9.99. The molecule has 0 aliphatic carbocycles. The molecule has 0 bridgehead atoms. The third-order valence-corrected chi connectivity index (χ3v) is 4.94. The highest BCUT2D eigenvalue weighted by Gasteiger charge is 2.25. The number of aliphatic hydroxyl groups excluding tert-OH is 1. The van der Waals surface area contributed by atoms with E-state index in [1.807, 2.05) is 10.7 Å². The van der Waals surface area contributed by atoms with Crippen molar-refractivity contribution in [3.8, 4) is 0 Å². The molecule has 1 saturated heterocycles. The van der Waals surface area contributed by atoms with Crippen LogP contribution in [0.4, 0.5) is 0 Å². The molecule has 124 valence electrons. The van der Waals surface area contributed by atoms with E-state index in [0.29, 0.717) is 12.6 Å². The number of benzene rings is 1. The molecule has 2 aromatic rings. The summed E-state index contributed by atoms with van der Waals surface area (Å²) in [4.78, 5) is 6.43. The molecule has 2 atom stereocenters. The molecule has 2 heterocycles. The third-order valence-electron chi connectivity index (χ3n) is 4.94. The summed E-state index contributed by atoms with van der Waals surface area (Å²) in [6.07, 6.45) is 6.51. The highest BCUT2D eigenvalue weighted by atomic mass is 16.3. The zero-order valence-corrected chi connectivity index (χ0v) is 14.0. The Morgan fingerprint density at radius 2 is 2.13 bits per heavy atom. The summed E-state index contributed by atoms with van der Waals surface area (Å²) < 4.78 is 1.89. The molecule has 1 aromatic heterocycles. The molecule has 1 aliphatic heterocycles. The fraction of sp³-hybridized carbons (Fsp3) is 0.556. The second-order valence-electron chi connectivity index (χ2n) is 6.62. The van der Waals surface area contributed by atoms with Crippen LogP contribution in [0.25, 0.3) is 0 Å². The fourth-order valence-corrected chi connectivity index (χ4v) is 3.35. The van der Waals surface area contributed by atoms with Crippen LogP contribution < -0.4 is 0 Å². The van der Waals surface area contributed by atoms with Gasteiger partial charge in [-0.05, 0) is 49.9 Å². The first-order chi connectivity index (χ1) is 11.1. The molecule has 5 heteroatoms. The summed E-state index contributed by atoms with van der Waals surface area (Å²) in [7, 11) is 0. The number of nitrogens with zero attached hydrogens (tertiary/aromatic N) is 4. The summed E-state index contributed by atoms with van der Waals surface area (Å²) in [6.45, 7) is 6.77. The van der Waals surface area contributed by atoms with Crippen molar-refractivity contribution >= 4 is 0 Å². The number of hydrogen-bond donors (Lipinski definition) is 1. The summed E-state index contributed by atoms with van der Waals surface area (Å²) in [5.41, 5.74) is 3.51. The normalized spacial score (nSPS) is 20.6. The molecule has 0 saturated carbocycles. The number of hydrogen-bond acceptors (Lipinski definition) is 4. The summed E-state index contributed by atoms with van der Waals surface area (Å²) in [6, 6.07) is 6.67. The van der Waals surface area contributed by atoms with Crippen LogP contribution in [0, 0.1) is 13.8 Å². The molecule has 5 nitrogen and oxygen atoms in total. The Balaban J connectivity index is 1.67. The molecule has 1 fully saturated rings. The fourth-order valence-electron chi connectivity index (χ4n) is 3.35. The van der Waals surface area contributed by atoms with E-state index in [-0.39, 0.29) is 0 Å². The van der Waals surface area contributed by atoms with Crippen molar-refractivity contribution in [2.24, 2.45) is 0 Å². The Bertz CT molecular complexity index is 626. The lowest BCUT2D eigenvalue weighted by molar-refractivity contribution is 0.0590. The predicted octanol–water partition coefficient (Wildman–Crippen LogP) is 2.48. The number of piperidine rings is 1. The van der Waals surface area contributed by atoms with Crippen LogP contribution in [0.15, 0.2) is 30.9 Å². The van der Waals surface area contributed by atoms with Crippen molar-refractivity contribution in [3.05, 3.63) is 47.5 Å². The van der Waals surface area contributed by atoms with E-state index in [2.05, 4.69) is 41.0 Å². The molecule has 0 spiro atoms. The van der Waals surface area contributed by atoms with E-state index in [1.165, 1.54) is 24.0 Å². The summed E-state index contributed by atoms with van der Waals surface area (Å²) >= 11 is 0. The van der Waals surface area contributed by atoms with Crippen LogP contribution in [0.2, 0.25) is 0 Å². The lowest BCUT2D eigenvalue weighted by Crippen LogP contribution is -2.44. The number of aryl methyl sites for hydroxylation is 2. The maximum absolute atomic E-state index is 10.7. The van der Waals surface area contributed by atoms with Gasteiger partial charge in [-0.2, -0.15) is 5.10 Å². The quantitative estimate of drug-likeness (QED) is 0.921. The number of aromatic nitrogens is 3. The third kappa shape index (κ3) is 3.98. The van der Waals surface area contributed by atoms with Gasteiger partial charge in [0.15, 0.2) is 0 Å². The summed E-state index contributed by atoms with van der Waals surface area (Å²) in [5.74, 6) is 0. The van der Waals surface area contributed by atoms with Gasteiger partial charge in [0, 0.05) is 12.6 Å². The van der Waals surface area contributed by atoms with Crippen LogP contribution in [-0.2, 0) is 6.54 Å². The van der Waals surface area contributed by atoms with Gasteiger partial charge in [0.25, 0.3) is 0 Å². The van der Waals surface area contributed by atoms with E-state index in [1.54, 1.807) is 12.7 Å². The molecule has 3 rings (SSSR count). The minimum Gasteiger partial charge on any atom is -0.387 e. The first-order valence-electron chi connectivity index (χ1n) is 8.45. The van der Waals surface area contributed by atoms with Crippen molar-refractivity contribution in [1.82, 2.24) is 19.7 Å². The van der Waals surface area contributed by atoms with Gasteiger partial charge in [0.2, 0.25) is 0 Å². The minimum atomic E-state index is -0.439. The van der Waals surface area contributed by atoms with Gasteiger partial charge in [0.05, 0.1) is 12.6 Å². The highest BCUT2D eigenvalue weighted by molar-refractivity contribution is 5.31. The number of aliphatic hydroxyl groups is 1. The Morgan fingerprint density at radius 1 is 1.26 bits per heavy atom. The smallest absolute Gasteiger partial charge is 0.137 e. The van der Waals surface area contributed by atoms with E-state index in [9.17, 15) is 5.11 Å². The van der Waals surface area contributed by atoms with Gasteiger partial charge in [-0.1, -0.05) is 24.6 Å². The molecule has 0 unspecified atom stereocenters. The zero-order chi connectivity index (χ0) is 16.2. The van der Waals surface area contributed by atoms with Crippen molar-refractivity contribution in [3.63, 3.8) is 0 Å². The second-order valence-corrected chi connectivity index (χ2v) is 6.62. The van der Waals surface area contributed by atoms with Gasteiger partial charge in [0.1, 0.15) is 12.7 Å². The largest absolute Gasteiger partial charge is 0.387 e. The Kier molecular flexibility index (Phi) is 5.08. The van der Waals surface area contributed by atoms with Crippen molar-refractivity contribution in [2.45, 2.75) is 51.8 Å². The average molecular weight is 314 g/mol. The molecule has 0 amide bonds. The molecular formula is C18H26N4O. The summed E-state index contributed by atoms with van der Waals surface area (Å²) in [5, 5.41) is 14.9. The van der Waals surface area contributed by atoms with Gasteiger partial charge >= 0.3 is 0 Å². The molecule has 23 heavy (non-hydrogen) atoms. The second kappa shape index (κ2) is 7.23. The maximum Gasteiger partial charge on any atom is 0.137 e. The maximum atomic E-state index is 10.7. The standard InChI is InChI=1S/C18H26N4O/c1-14-6-7-16(9-15(14)2)18(23)11-21-8-4-3-5-17(21)10-22-13-19-12-20-22/h6-7,9,12-13,17-18,23H,3-5,8,10-11H2,1-2H3/t17-,18-/m0/s1. The van der Waals surface area contributed by atoms with Gasteiger partial charge < -0.3 is 5.11 Å². The van der Waals surface area contributed by atoms with E-state index >= 15 is 0 Å².